The van der Waals surface area contributed by atoms with Gasteiger partial charge in [-0.05, 0) is 25.1 Å². The Hall–Kier alpha value is -1.07. The third kappa shape index (κ3) is 4.75. The molecule has 0 bridgehead atoms. The zero-order valence-corrected chi connectivity index (χ0v) is 11.1. The smallest absolute Gasteiger partial charge is 0.163 e. The molecule has 0 heterocycles. The Bertz CT molecular complexity index is 522. The Morgan fingerprint density at radius 3 is 2.59 bits per heavy atom. The Kier molecular flexibility index (Phi) is 4.54. The van der Waals surface area contributed by atoms with Gasteiger partial charge >= 0.3 is 0 Å². The molecule has 0 amide bonds. The highest BCUT2D eigenvalue weighted by Gasteiger charge is 2.10. The summed E-state index contributed by atoms with van der Waals surface area (Å²) in [5.74, 6) is 0.0832. The molecule has 1 aromatic rings. The summed E-state index contributed by atoms with van der Waals surface area (Å²) in [6.07, 6.45) is 1.13. The molecule has 0 saturated carbocycles. The standard InChI is InChI=1S/C11H13ClO4S/c1-8(13)10-7-9(12)3-4-11(10)16-5-6-17(2,14)15/h3-4,7H,5-6H2,1-2H3. The van der Waals surface area contributed by atoms with Crippen LogP contribution in [-0.4, -0.2) is 32.8 Å². The first-order chi connectivity index (χ1) is 7.79. The van der Waals surface area contributed by atoms with E-state index in [1.807, 2.05) is 0 Å². The molecule has 1 aromatic carbocycles. The highest BCUT2D eigenvalue weighted by Crippen LogP contribution is 2.23. The fourth-order valence-electron chi connectivity index (χ4n) is 1.21. The Morgan fingerprint density at radius 2 is 2.06 bits per heavy atom. The minimum atomic E-state index is -3.07. The van der Waals surface area contributed by atoms with Crippen LogP contribution in [0.4, 0.5) is 0 Å². The maximum absolute atomic E-state index is 11.3. The van der Waals surface area contributed by atoms with Crippen LogP contribution < -0.4 is 4.74 Å². The fraction of sp³-hybridized carbons (Fsp3) is 0.364. The largest absolute Gasteiger partial charge is 0.492 e. The average molecular weight is 277 g/mol. The minimum absolute atomic E-state index is 0.0146. The molecule has 0 radical (unpaired) electrons. The van der Waals surface area contributed by atoms with E-state index < -0.39 is 9.84 Å². The molecule has 0 saturated heterocycles. The van der Waals surface area contributed by atoms with E-state index in [2.05, 4.69) is 0 Å². The van der Waals surface area contributed by atoms with E-state index in [4.69, 9.17) is 16.3 Å². The summed E-state index contributed by atoms with van der Waals surface area (Å²) in [4.78, 5) is 11.3. The van der Waals surface area contributed by atoms with Gasteiger partial charge in [-0.3, -0.25) is 4.79 Å². The number of rotatable bonds is 5. The number of ether oxygens (including phenoxy) is 1. The monoisotopic (exact) mass is 276 g/mol. The summed E-state index contributed by atoms with van der Waals surface area (Å²) >= 11 is 5.76. The zero-order valence-electron chi connectivity index (χ0n) is 9.57. The van der Waals surface area contributed by atoms with E-state index in [1.54, 1.807) is 12.1 Å². The summed E-state index contributed by atoms with van der Waals surface area (Å²) in [5, 5.41) is 0.436. The molecule has 0 aromatic heterocycles. The lowest BCUT2D eigenvalue weighted by molar-refractivity contribution is 0.101. The summed E-state index contributed by atoms with van der Waals surface area (Å²) in [7, 11) is -3.07. The molecule has 1 rings (SSSR count). The molecule has 0 spiro atoms. The molecular formula is C11H13ClO4S. The summed E-state index contributed by atoms with van der Waals surface area (Å²) in [6.45, 7) is 1.41. The van der Waals surface area contributed by atoms with Crippen LogP contribution in [0.2, 0.25) is 5.02 Å². The van der Waals surface area contributed by atoms with Crippen molar-refractivity contribution in [3.05, 3.63) is 28.8 Å². The van der Waals surface area contributed by atoms with Crippen molar-refractivity contribution in [2.24, 2.45) is 0 Å². The maximum Gasteiger partial charge on any atom is 0.163 e. The third-order valence-corrected chi connectivity index (χ3v) is 3.18. The number of carbonyl (C=O) groups excluding carboxylic acids is 1. The normalized spacial score (nSPS) is 11.2. The lowest BCUT2D eigenvalue weighted by atomic mass is 10.1. The zero-order chi connectivity index (χ0) is 13.1. The van der Waals surface area contributed by atoms with E-state index in [9.17, 15) is 13.2 Å². The van der Waals surface area contributed by atoms with Gasteiger partial charge in [0.1, 0.15) is 12.4 Å². The molecule has 17 heavy (non-hydrogen) atoms. The second-order valence-electron chi connectivity index (χ2n) is 3.68. The van der Waals surface area contributed by atoms with Gasteiger partial charge in [0.25, 0.3) is 0 Å². The van der Waals surface area contributed by atoms with Crippen molar-refractivity contribution < 1.29 is 17.9 Å². The Balaban J connectivity index is 2.81. The first-order valence-corrected chi connectivity index (χ1v) is 7.34. The van der Waals surface area contributed by atoms with Crippen molar-refractivity contribution in [1.82, 2.24) is 0 Å². The summed E-state index contributed by atoms with van der Waals surface area (Å²) in [5.41, 5.74) is 0.353. The Labute approximate surface area is 105 Å². The number of benzene rings is 1. The lowest BCUT2D eigenvalue weighted by Gasteiger charge is -2.09. The Morgan fingerprint density at radius 1 is 1.41 bits per heavy atom. The van der Waals surface area contributed by atoms with Gasteiger partial charge in [0.05, 0.1) is 11.3 Å². The molecular weight excluding hydrogens is 264 g/mol. The van der Waals surface area contributed by atoms with Crippen LogP contribution >= 0.6 is 11.6 Å². The topological polar surface area (TPSA) is 60.4 Å². The SMILES string of the molecule is CC(=O)c1cc(Cl)ccc1OCCS(C)(=O)=O. The molecule has 94 valence electrons. The molecule has 4 nitrogen and oxygen atoms in total. The van der Waals surface area contributed by atoms with Crippen LogP contribution in [0.15, 0.2) is 18.2 Å². The van der Waals surface area contributed by atoms with Crippen molar-refractivity contribution in [2.75, 3.05) is 18.6 Å². The molecule has 6 heteroatoms. The number of sulfone groups is 1. The molecule has 0 aliphatic rings. The van der Waals surface area contributed by atoms with Crippen molar-refractivity contribution in [2.45, 2.75) is 6.92 Å². The predicted octanol–water partition coefficient (Wildman–Crippen LogP) is 1.97. The average Bonchev–Trinajstić information content (AvgIpc) is 2.18. The number of hydrogen-bond acceptors (Lipinski definition) is 4. The molecule has 0 unspecified atom stereocenters. The van der Waals surface area contributed by atoms with Gasteiger partial charge in [0.15, 0.2) is 15.6 Å². The highest BCUT2D eigenvalue weighted by atomic mass is 35.5. The van der Waals surface area contributed by atoms with Gasteiger partial charge in [-0.1, -0.05) is 11.6 Å². The maximum atomic E-state index is 11.3. The van der Waals surface area contributed by atoms with Gasteiger partial charge in [-0.25, -0.2) is 8.42 Å². The quantitative estimate of drug-likeness (QED) is 0.772. The van der Waals surface area contributed by atoms with Gasteiger partial charge in [0, 0.05) is 11.3 Å². The number of hydrogen-bond donors (Lipinski definition) is 0. The molecule has 0 N–H and O–H groups in total. The number of ketones is 1. The van der Waals surface area contributed by atoms with Crippen LogP contribution in [0.1, 0.15) is 17.3 Å². The first-order valence-electron chi connectivity index (χ1n) is 4.90. The van der Waals surface area contributed by atoms with Crippen molar-refractivity contribution in [3.63, 3.8) is 0 Å². The summed E-state index contributed by atoms with van der Waals surface area (Å²) in [6, 6.07) is 4.64. The van der Waals surface area contributed by atoms with Crippen LogP contribution in [0.25, 0.3) is 0 Å². The third-order valence-electron chi connectivity index (χ3n) is 2.03. The van der Waals surface area contributed by atoms with Crippen LogP contribution in [-0.2, 0) is 9.84 Å². The van der Waals surface area contributed by atoms with Crippen LogP contribution in [0, 0.1) is 0 Å². The van der Waals surface area contributed by atoms with Crippen LogP contribution in [0.3, 0.4) is 0 Å². The number of Topliss-reactive ketones (excluding diaryl/α,β-unsaturated/α-hetero) is 1. The van der Waals surface area contributed by atoms with Crippen molar-refractivity contribution >= 4 is 27.2 Å². The van der Waals surface area contributed by atoms with E-state index in [0.29, 0.717) is 16.3 Å². The van der Waals surface area contributed by atoms with Crippen LogP contribution in [0.5, 0.6) is 5.75 Å². The van der Waals surface area contributed by atoms with Gasteiger partial charge in [0.2, 0.25) is 0 Å². The minimum Gasteiger partial charge on any atom is -0.492 e. The lowest BCUT2D eigenvalue weighted by Crippen LogP contribution is -2.13. The van der Waals surface area contributed by atoms with E-state index in [1.165, 1.54) is 13.0 Å². The second kappa shape index (κ2) is 5.51. The highest BCUT2D eigenvalue weighted by molar-refractivity contribution is 7.90. The fourth-order valence-corrected chi connectivity index (χ4v) is 1.76. The number of halogens is 1. The molecule has 0 aliphatic heterocycles. The van der Waals surface area contributed by atoms with Gasteiger partial charge in [-0.15, -0.1) is 0 Å². The molecule has 0 aliphatic carbocycles. The predicted molar refractivity (Wildman–Crippen MR) is 66.7 cm³/mol. The van der Waals surface area contributed by atoms with E-state index >= 15 is 0 Å². The van der Waals surface area contributed by atoms with Gasteiger partial charge < -0.3 is 4.74 Å². The van der Waals surface area contributed by atoms with Gasteiger partial charge in [-0.2, -0.15) is 0 Å². The van der Waals surface area contributed by atoms with E-state index in [0.717, 1.165) is 6.26 Å². The van der Waals surface area contributed by atoms with Crippen molar-refractivity contribution in [1.29, 1.82) is 0 Å². The summed E-state index contributed by atoms with van der Waals surface area (Å²) < 4.78 is 27.1. The second-order valence-corrected chi connectivity index (χ2v) is 6.37. The molecule has 0 fully saturated rings. The number of carbonyl (C=O) groups is 1. The first kappa shape index (κ1) is 14.0. The molecule has 0 atom stereocenters. The van der Waals surface area contributed by atoms with E-state index in [-0.39, 0.29) is 18.1 Å². The van der Waals surface area contributed by atoms with Crippen molar-refractivity contribution in [3.8, 4) is 5.75 Å².